The monoisotopic (exact) mass is 717 g/mol. The van der Waals surface area contributed by atoms with Crippen LogP contribution in [-0.4, -0.2) is 130 Å². The van der Waals surface area contributed by atoms with Gasteiger partial charge in [-0.05, 0) is 66.3 Å². The lowest BCUT2D eigenvalue weighted by atomic mass is 9.74. The Labute approximate surface area is 298 Å². The van der Waals surface area contributed by atoms with Crippen molar-refractivity contribution in [3.05, 3.63) is 0 Å². The SMILES string of the molecule is CCNC1CC(C)O[C@@H](O[C@@H]2[C@@H](C)[C@H](O[C@H]3CC(C)(OC)[C@@H](O)C(C)O3)[C@@H](C)[C@@]3(O)O[C@H]([C@@H](C)C4O[C@]2(C)C[C@@H]4C)[C@](C)(O)[C@@H](CC)O3)C1O. The van der Waals surface area contributed by atoms with Gasteiger partial charge in [0.25, 0.3) is 5.97 Å². The van der Waals surface area contributed by atoms with E-state index in [1.807, 2.05) is 48.5 Å². The summed E-state index contributed by atoms with van der Waals surface area (Å²) in [5.74, 6) is -3.89. The zero-order valence-corrected chi connectivity index (χ0v) is 32.3. The van der Waals surface area contributed by atoms with Crippen LogP contribution >= 0.6 is 0 Å². The van der Waals surface area contributed by atoms with Gasteiger partial charge in [-0.2, -0.15) is 0 Å². The van der Waals surface area contributed by atoms with Crippen molar-refractivity contribution >= 4 is 0 Å². The maximum absolute atomic E-state index is 12.5. The van der Waals surface area contributed by atoms with Crippen molar-refractivity contribution in [2.75, 3.05) is 13.7 Å². The summed E-state index contributed by atoms with van der Waals surface area (Å²) in [6.07, 6.45) is -6.10. The van der Waals surface area contributed by atoms with E-state index in [0.29, 0.717) is 25.8 Å². The summed E-state index contributed by atoms with van der Waals surface area (Å²) in [5, 5.41) is 50.4. The number of aliphatic hydroxyl groups excluding tert-OH is 2. The Balaban J connectivity index is 1.62. The highest BCUT2D eigenvalue weighted by Crippen LogP contribution is 2.52. The summed E-state index contributed by atoms with van der Waals surface area (Å²) in [6.45, 7) is 21.8. The van der Waals surface area contributed by atoms with E-state index in [-0.39, 0.29) is 36.5 Å². The van der Waals surface area contributed by atoms with E-state index in [1.54, 1.807) is 27.9 Å². The lowest BCUT2D eigenvalue weighted by Gasteiger charge is -2.55. The van der Waals surface area contributed by atoms with E-state index in [0.717, 1.165) is 0 Å². The predicted molar refractivity (Wildman–Crippen MR) is 183 cm³/mol. The van der Waals surface area contributed by atoms with Crippen molar-refractivity contribution in [3.63, 3.8) is 0 Å². The zero-order valence-electron chi connectivity index (χ0n) is 32.3. The molecular weight excluding hydrogens is 650 g/mol. The molecule has 0 saturated carbocycles. The summed E-state index contributed by atoms with van der Waals surface area (Å²) in [6, 6.07) is -0.230. The van der Waals surface area contributed by atoms with Crippen molar-refractivity contribution in [2.24, 2.45) is 23.7 Å². The summed E-state index contributed by atoms with van der Waals surface area (Å²) >= 11 is 0. The molecule has 0 aliphatic carbocycles. The van der Waals surface area contributed by atoms with Crippen molar-refractivity contribution < 1.29 is 58.3 Å². The van der Waals surface area contributed by atoms with Crippen LogP contribution in [-0.2, 0) is 37.9 Å². The molecule has 0 spiro atoms. The van der Waals surface area contributed by atoms with Crippen LogP contribution < -0.4 is 5.32 Å². The number of aliphatic hydroxyl groups is 4. The highest BCUT2D eigenvalue weighted by Gasteiger charge is 2.64. The average molecular weight is 718 g/mol. The van der Waals surface area contributed by atoms with Gasteiger partial charge in [-0.3, -0.25) is 0 Å². The van der Waals surface area contributed by atoms with Gasteiger partial charge in [-0.1, -0.05) is 41.5 Å². The molecule has 0 aromatic rings. The molecule has 0 amide bonds. The first kappa shape index (κ1) is 40.7. The first-order valence-corrected chi connectivity index (χ1v) is 19.0. The molecule has 5 saturated heterocycles. The van der Waals surface area contributed by atoms with Crippen LogP contribution in [0.15, 0.2) is 0 Å². The molecule has 292 valence electrons. The molecule has 13 nitrogen and oxygen atoms in total. The van der Waals surface area contributed by atoms with E-state index in [9.17, 15) is 20.4 Å². The smallest absolute Gasteiger partial charge is 0.286 e. The van der Waals surface area contributed by atoms with Crippen LogP contribution in [0.2, 0.25) is 0 Å². The van der Waals surface area contributed by atoms with Gasteiger partial charge in [0, 0.05) is 31.4 Å². The number of ether oxygens (including phenoxy) is 8. The van der Waals surface area contributed by atoms with E-state index in [1.165, 1.54) is 0 Å². The third-order valence-corrected chi connectivity index (χ3v) is 12.7. The number of hydrogen-bond donors (Lipinski definition) is 5. The van der Waals surface area contributed by atoms with E-state index < -0.39 is 89.9 Å². The van der Waals surface area contributed by atoms with Crippen molar-refractivity contribution in [1.29, 1.82) is 0 Å². The maximum atomic E-state index is 12.5. The van der Waals surface area contributed by atoms with Gasteiger partial charge in [0.15, 0.2) is 12.6 Å². The molecule has 5 aliphatic heterocycles. The molecule has 6 unspecified atom stereocenters. The topological polar surface area (TPSA) is 167 Å². The number of methoxy groups -OCH3 is 1. The fourth-order valence-corrected chi connectivity index (χ4v) is 9.84. The Morgan fingerprint density at radius 3 is 2.16 bits per heavy atom. The molecular formula is C37H67NO12. The molecule has 0 radical (unpaired) electrons. The Kier molecular flexibility index (Phi) is 12.2. The minimum atomic E-state index is -2.17. The fraction of sp³-hybridized carbons (Fsp3) is 1.00. The predicted octanol–water partition coefficient (Wildman–Crippen LogP) is 2.83. The Morgan fingerprint density at radius 2 is 1.54 bits per heavy atom. The van der Waals surface area contributed by atoms with Crippen LogP contribution in [0.25, 0.3) is 0 Å². The summed E-state index contributed by atoms with van der Waals surface area (Å²) < 4.78 is 52.1. The minimum absolute atomic E-state index is 0.0250. The molecule has 4 bridgehead atoms. The normalized spacial score (nSPS) is 56.2. The number of nitrogens with one attached hydrogen (secondary N) is 1. The van der Waals surface area contributed by atoms with Crippen molar-refractivity contribution in [2.45, 2.75) is 198 Å². The van der Waals surface area contributed by atoms with Gasteiger partial charge in [-0.25, -0.2) is 0 Å². The zero-order chi connectivity index (χ0) is 37.1. The highest BCUT2D eigenvalue weighted by molar-refractivity contribution is 5.07. The second kappa shape index (κ2) is 15.0. The maximum Gasteiger partial charge on any atom is 0.286 e. The highest BCUT2D eigenvalue weighted by atomic mass is 16.8. The van der Waals surface area contributed by atoms with Crippen LogP contribution in [0.5, 0.6) is 0 Å². The number of hydrogen-bond acceptors (Lipinski definition) is 13. The number of likely N-dealkylation sites (N-methyl/N-ethyl adjacent to an activating group) is 1. The molecule has 0 aromatic carbocycles. The van der Waals surface area contributed by atoms with Gasteiger partial charge >= 0.3 is 0 Å². The summed E-state index contributed by atoms with van der Waals surface area (Å²) in [5.41, 5.74) is -3.30. The molecule has 5 heterocycles. The molecule has 50 heavy (non-hydrogen) atoms. The lowest BCUT2D eigenvalue weighted by Crippen LogP contribution is -2.69. The molecule has 20 atom stereocenters. The largest absolute Gasteiger partial charge is 0.387 e. The molecule has 5 fully saturated rings. The fourth-order valence-electron chi connectivity index (χ4n) is 9.84. The van der Waals surface area contributed by atoms with Gasteiger partial charge in [-0.15, -0.1) is 0 Å². The van der Waals surface area contributed by atoms with Crippen LogP contribution in [0.3, 0.4) is 0 Å². The van der Waals surface area contributed by atoms with Crippen molar-refractivity contribution in [3.8, 4) is 0 Å². The van der Waals surface area contributed by atoms with Gasteiger partial charge < -0.3 is 63.6 Å². The molecule has 13 heteroatoms. The number of fused-ring (bicyclic) bond motifs is 4. The molecule has 5 aliphatic rings. The van der Waals surface area contributed by atoms with Crippen LogP contribution in [0.1, 0.15) is 102 Å². The third kappa shape index (κ3) is 7.31. The first-order chi connectivity index (χ1) is 23.2. The third-order valence-electron chi connectivity index (χ3n) is 12.7. The number of rotatable bonds is 8. The Morgan fingerprint density at radius 1 is 0.860 bits per heavy atom. The quantitative estimate of drug-likeness (QED) is 0.249. The lowest BCUT2D eigenvalue weighted by molar-refractivity contribution is -0.481. The standard InChI is InChI=1S/C37H67NO12/c1-13-25-36(11,41)32-20(5)28-18(3)16-35(10,49-28)31(47-33-27(39)24(38-14-2)15-19(4)44-33)21(6)29(22(7)37(42,48-25)50-32)46-26-17-34(9,43-12)30(40)23(8)45-26/h18-33,38-42H,13-17H2,1-12H3/t18-,19?,20-,21-,22+,23?,24?,25+,26-,27?,28?,29-,30-,31+,32+,33-,34?,35+,36+,37-/m0/s1. The average Bonchev–Trinajstić information content (AvgIpc) is 3.37. The second-order valence-electron chi connectivity index (χ2n) is 16.8. The van der Waals surface area contributed by atoms with Crippen molar-refractivity contribution in [1.82, 2.24) is 5.32 Å². The van der Waals surface area contributed by atoms with Gasteiger partial charge in [0.1, 0.15) is 17.8 Å². The van der Waals surface area contributed by atoms with Crippen LogP contribution in [0, 0.1) is 23.7 Å². The minimum Gasteiger partial charge on any atom is -0.387 e. The molecule has 5 rings (SSSR count). The summed E-state index contributed by atoms with van der Waals surface area (Å²) in [7, 11) is 1.55. The first-order valence-electron chi connectivity index (χ1n) is 19.0. The second-order valence-corrected chi connectivity index (χ2v) is 16.8. The van der Waals surface area contributed by atoms with Gasteiger partial charge in [0.2, 0.25) is 0 Å². The molecule has 5 N–H and O–H groups in total. The summed E-state index contributed by atoms with van der Waals surface area (Å²) in [4.78, 5) is 0. The Bertz CT molecular complexity index is 1150. The van der Waals surface area contributed by atoms with Crippen LogP contribution in [0.4, 0.5) is 0 Å². The molecule has 0 aromatic heterocycles. The van der Waals surface area contributed by atoms with E-state index in [2.05, 4.69) is 12.2 Å². The van der Waals surface area contributed by atoms with Gasteiger partial charge in [0.05, 0.1) is 59.8 Å². The van der Waals surface area contributed by atoms with E-state index in [4.69, 9.17) is 37.9 Å². The Hall–Kier alpha value is -0.520. The van der Waals surface area contributed by atoms with E-state index >= 15 is 0 Å².